The molecule has 0 radical (unpaired) electrons. The van der Waals surface area contributed by atoms with Gasteiger partial charge >= 0.3 is 0 Å². The molecule has 8 nitrogen and oxygen atoms in total. The maximum absolute atomic E-state index is 12.6. The second kappa shape index (κ2) is 9.32. The summed E-state index contributed by atoms with van der Waals surface area (Å²) in [5, 5.41) is 6.30. The molecule has 0 atom stereocenters. The Kier molecular flexibility index (Phi) is 7.10. The topological polar surface area (TPSA) is 106 Å². The van der Waals surface area contributed by atoms with Gasteiger partial charge in [-0.2, -0.15) is 17.6 Å². The predicted molar refractivity (Wildman–Crippen MR) is 105 cm³/mol. The van der Waals surface area contributed by atoms with Gasteiger partial charge < -0.3 is 5.32 Å². The number of carbonyl (C=O) groups excluding carboxylic acids is 1. The Bertz CT molecular complexity index is 1050. The molecule has 0 saturated heterocycles. The molecule has 0 spiro atoms. The van der Waals surface area contributed by atoms with Crippen LogP contribution >= 0.6 is 0 Å². The van der Waals surface area contributed by atoms with Gasteiger partial charge in [0.1, 0.15) is 0 Å². The normalized spacial score (nSPS) is 12.0. The summed E-state index contributed by atoms with van der Waals surface area (Å²) in [6, 6.07) is 5.37. The van der Waals surface area contributed by atoms with E-state index in [0.29, 0.717) is 9.78 Å². The zero-order valence-electron chi connectivity index (χ0n) is 15.7. The van der Waals surface area contributed by atoms with Gasteiger partial charge in [0.05, 0.1) is 17.1 Å². The molecule has 0 aliphatic carbocycles. The van der Waals surface area contributed by atoms with Gasteiger partial charge in [0.15, 0.2) is 5.69 Å². The second-order valence-electron chi connectivity index (χ2n) is 5.99. The van der Waals surface area contributed by atoms with E-state index in [2.05, 4.69) is 27.1 Å². The van der Waals surface area contributed by atoms with Crippen molar-refractivity contribution in [2.75, 3.05) is 6.54 Å². The van der Waals surface area contributed by atoms with Crippen molar-refractivity contribution in [3.05, 3.63) is 59.7 Å². The van der Waals surface area contributed by atoms with Crippen molar-refractivity contribution in [2.45, 2.75) is 25.2 Å². The standard InChI is InChI=1S/C18H19F2N5O3S/c1-12(2)22-10-14(21-3)11-23-18(26)16-8-9-25(24-16)29(27,28)15-6-4-13(5-7-15)17(19)20/h4-10,17H,3,11H2,1-2H3,(H,23,26)/b14-10-. The summed E-state index contributed by atoms with van der Waals surface area (Å²) in [6.45, 7) is 7.00. The number of alkyl halides is 2. The van der Waals surface area contributed by atoms with Crippen molar-refractivity contribution in [3.63, 3.8) is 0 Å². The molecule has 0 aliphatic heterocycles. The van der Waals surface area contributed by atoms with Gasteiger partial charge in [0.25, 0.3) is 22.4 Å². The van der Waals surface area contributed by atoms with Crippen LogP contribution in [-0.2, 0) is 10.0 Å². The molecule has 1 amide bonds. The van der Waals surface area contributed by atoms with Crippen LogP contribution in [0.5, 0.6) is 0 Å². The summed E-state index contributed by atoms with van der Waals surface area (Å²) in [6.07, 6.45) is -0.157. The van der Waals surface area contributed by atoms with E-state index in [1.54, 1.807) is 13.8 Å². The molecule has 1 aromatic heterocycles. The molecule has 0 bridgehead atoms. The molecule has 154 valence electrons. The van der Waals surface area contributed by atoms with Crippen LogP contribution in [0.3, 0.4) is 0 Å². The molecule has 0 fully saturated rings. The van der Waals surface area contributed by atoms with Crippen molar-refractivity contribution >= 4 is 28.4 Å². The van der Waals surface area contributed by atoms with Gasteiger partial charge in [0, 0.05) is 23.7 Å². The van der Waals surface area contributed by atoms with E-state index >= 15 is 0 Å². The smallest absolute Gasteiger partial charge is 0.282 e. The largest absolute Gasteiger partial charge is 0.345 e. The van der Waals surface area contributed by atoms with Gasteiger partial charge in [-0.15, -0.1) is 0 Å². The van der Waals surface area contributed by atoms with Crippen LogP contribution in [0, 0.1) is 0 Å². The summed E-state index contributed by atoms with van der Waals surface area (Å²) in [4.78, 5) is 19.8. The number of aromatic nitrogens is 2. The fourth-order valence-electron chi connectivity index (χ4n) is 2.06. The minimum Gasteiger partial charge on any atom is -0.345 e. The van der Waals surface area contributed by atoms with Crippen molar-refractivity contribution in [3.8, 4) is 0 Å². The van der Waals surface area contributed by atoms with Gasteiger partial charge in [-0.25, -0.2) is 8.78 Å². The molecule has 0 aliphatic rings. The predicted octanol–water partition coefficient (Wildman–Crippen LogP) is 2.81. The lowest BCUT2D eigenvalue weighted by molar-refractivity contribution is 0.0951. The van der Waals surface area contributed by atoms with Crippen molar-refractivity contribution in [2.24, 2.45) is 9.98 Å². The second-order valence-corrected chi connectivity index (χ2v) is 7.78. The number of benzene rings is 1. The minimum absolute atomic E-state index is 0.0216. The highest BCUT2D eigenvalue weighted by molar-refractivity contribution is 7.89. The molecular weight excluding hydrogens is 404 g/mol. The van der Waals surface area contributed by atoms with Gasteiger partial charge in [-0.3, -0.25) is 14.8 Å². The monoisotopic (exact) mass is 423 g/mol. The van der Waals surface area contributed by atoms with Crippen molar-refractivity contribution in [1.29, 1.82) is 0 Å². The molecule has 1 N–H and O–H groups in total. The summed E-state index contributed by atoms with van der Waals surface area (Å²) in [5.41, 5.74) is 0.761. The number of hydrogen-bond donors (Lipinski definition) is 1. The highest BCUT2D eigenvalue weighted by Crippen LogP contribution is 2.21. The molecular formula is C18H19F2N5O3S. The summed E-state index contributed by atoms with van der Waals surface area (Å²) in [5.74, 6) is -0.626. The number of nitrogens with zero attached hydrogens (tertiary/aromatic N) is 4. The Morgan fingerprint density at radius 1 is 1.28 bits per heavy atom. The SMILES string of the molecule is C=N/C(=C\N=C(C)C)CNC(=O)c1ccn(S(=O)(=O)c2ccc(C(F)F)cc2)n1. The van der Waals surface area contributed by atoms with Gasteiger partial charge in [0.2, 0.25) is 0 Å². The molecule has 0 unspecified atom stereocenters. The van der Waals surface area contributed by atoms with E-state index in [9.17, 15) is 22.0 Å². The van der Waals surface area contributed by atoms with E-state index in [1.807, 2.05) is 0 Å². The van der Waals surface area contributed by atoms with Gasteiger partial charge in [-0.1, -0.05) is 12.1 Å². The molecule has 2 aromatic rings. The van der Waals surface area contributed by atoms with E-state index in [4.69, 9.17) is 0 Å². The molecule has 1 heterocycles. The molecule has 11 heteroatoms. The summed E-state index contributed by atoms with van der Waals surface area (Å²) < 4.78 is 50.9. The number of hydrogen-bond acceptors (Lipinski definition) is 6. The third-order valence-corrected chi connectivity index (χ3v) is 5.14. The third kappa shape index (κ3) is 5.64. The number of halogens is 2. The Labute approximate surface area is 166 Å². The number of amides is 1. The maximum Gasteiger partial charge on any atom is 0.282 e. The Morgan fingerprint density at radius 3 is 2.48 bits per heavy atom. The van der Waals surface area contributed by atoms with Crippen LogP contribution in [0.2, 0.25) is 0 Å². The number of aliphatic imine (C=N–C) groups is 2. The fourth-order valence-corrected chi connectivity index (χ4v) is 3.18. The molecule has 29 heavy (non-hydrogen) atoms. The van der Waals surface area contributed by atoms with E-state index in [0.717, 1.165) is 36.2 Å². The van der Waals surface area contributed by atoms with E-state index in [-0.39, 0.29) is 22.7 Å². The molecule has 1 aromatic carbocycles. The van der Waals surface area contributed by atoms with Crippen molar-refractivity contribution in [1.82, 2.24) is 14.5 Å². The van der Waals surface area contributed by atoms with Crippen LogP contribution in [0.4, 0.5) is 8.78 Å². The molecule has 2 rings (SSSR count). The van der Waals surface area contributed by atoms with Gasteiger partial charge in [-0.05, 0) is 38.8 Å². The first-order chi connectivity index (χ1) is 13.6. The zero-order valence-corrected chi connectivity index (χ0v) is 16.5. The fraction of sp³-hybridized carbons (Fsp3) is 0.222. The van der Waals surface area contributed by atoms with Crippen LogP contribution < -0.4 is 5.32 Å². The number of carbonyl (C=O) groups is 1. The Hall–Kier alpha value is -3.21. The summed E-state index contributed by atoms with van der Waals surface area (Å²) in [7, 11) is -4.13. The zero-order chi connectivity index (χ0) is 21.6. The number of nitrogens with one attached hydrogen (secondary N) is 1. The van der Waals surface area contributed by atoms with Crippen LogP contribution in [-0.4, -0.2) is 42.5 Å². The Balaban J connectivity index is 2.14. The first kappa shape index (κ1) is 22.1. The Morgan fingerprint density at radius 2 is 1.93 bits per heavy atom. The lowest BCUT2D eigenvalue weighted by atomic mass is 10.2. The highest BCUT2D eigenvalue weighted by Gasteiger charge is 2.21. The highest BCUT2D eigenvalue weighted by atomic mass is 32.2. The maximum atomic E-state index is 12.6. The van der Waals surface area contributed by atoms with Crippen molar-refractivity contribution < 1.29 is 22.0 Å². The molecule has 0 saturated carbocycles. The average molecular weight is 423 g/mol. The van der Waals surface area contributed by atoms with E-state index < -0.39 is 22.4 Å². The quantitative estimate of drug-likeness (QED) is 0.659. The van der Waals surface area contributed by atoms with Crippen LogP contribution in [0.25, 0.3) is 0 Å². The van der Waals surface area contributed by atoms with E-state index in [1.165, 1.54) is 12.3 Å². The first-order valence-corrected chi connectivity index (χ1v) is 9.73. The number of rotatable bonds is 8. The third-order valence-electron chi connectivity index (χ3n) is 3.58. The first-order valence-electron chi connectivity index (χ1n) is 8.29. The lowest BCUT2D eigenvalue weighted by Crippen LogP contribution is -2.26. The van der Waals surface area contributed by atoms with Crippen LogP contribution in [0.15, 0.2) is 63.3 Å². The summed E-state index contributed by atoms with van der Waals surface area (Å²) >= 11 is 0. The lowest BCUT2D eigenvalue weighted by Gasteiger charge is -2.06. The average Bonchev–Trinajstić information content (AvgIpc) is 3.19. The minimum atomic E-state index is -4.13. The van der Waals surface area contributed by atoms with Crippen LogP contribution in [0.1, 0.15) is 36.3 Å².